The quantitative estimate of drug-likeness (QED) is 0.820. The molecule has 4 nitrogen and oxygen atoms in total. The third-order valence-corrected chi connectivity index (χ3v) is 5.18. The Bertz CT molecular complexity index is 777. The third-order valence-electron chi connectivity index (χ3n) is 4.05. The molecule has 0 saturated heterocycles. The van der Waals surface area contributed by atoms with E-state index >= 15 is 0 Å². The van der Waals surface area contributed by atoms with Gasteiger partial charge < -0.3 is 10.1 Å². The number of hydrogen-bond donors (Lipinski definition) is 1. The van der Waals surface area contributed by atoms with E-state index in [1.165, 1.54) is 16.9 Å². The fourth-order valence-corrected chi connectivity index (χ4v) is 3.50. The molecule has 1 amide bonds. The number of carbonyl (C=O) groups excluding carboxylic acids is 2. The van der Waals surface area contributed by atoms with Crippen molar-refractivity contribution < 1.29 is 14.3 Å². The number of nitrogens with one attached hydrogen (secondary N) is 1. The summed E-state index contributed by atoms with van der Waals surface area (Å²) in [4.78, 5) is 25.5. The predicted molar refractivity (Wildman–Crippen MR) is 98.0 cm³/mol. The Balaban J connectivity index is 2.18. The number of thiophene rings is 1. The molecule has 1 heterocycles. The van der Waals surface area contributed by atoms with E-state index in [0.717, 1.165) is 21.6 Å². The van der Waals surface area contributed by atoms with Crippen molar-refractivity contribution in [1.82, 2.24) is 0 Å². The minimum atomic E-state index is -0.388. The van der Waals surface area contributed by atoms with Gasteiger partial charge in [-0.05, 0) is 56.9 Å². The minimum absolute atomic E-state index is 0.134. The normalized spacial score (nSPS) is 10.5. The number of carbonyl (C=O) groups is 2. The first kappa shape index (κ1) is 18.2. The fraction of sp³-hybridized carbons (Fsp3) is 0.368. The zero-order chi connectivity index (χ0) is 17.9. The van der Waals surface area contributed by atoms with E-state index in [1.54, 1.807) is 6.92 Å². The molecule has 0 aliphatic heterocycles. The summed E-state index contributed by atoms with van der Waals surface area (Å²) in [6.07, 6.45) is 0.277. The molecule has 128 valence electrons. The average molecular weight is 345 g/mol. The number of benzene rings is 1. The molecule has 0 aliphatic rings. The lowest BCUT2D eigenvalue weighted by Crippen LogP contribution is -2.16. The first-order valence-electron chi connectivity index (χ1n) is 7.96. The monoisotopic (exact) mass is 345 g/mol. The molecule has 1 aromatic carbocycles. The summed E-state index contributed by atoms with van der Waals surface area (Å²) in [5.74, 6) is -0.522. The third kappa shape index (κ3) is 4.03. The smallest absolute Gasteiger partial charge is 0.341 e. The molecule has 2 aromatic rings. The SMILES string of the molecule is CCOC(=O)c1c(NC(=O)Cc2ccc(C)c(C)c2)sc(C)c1C. The van der Waals surface area contributed by atoms with E-state index in [9.17, 15) is 9.59 Å². The Kier molecular flexibility index (Phi) is 5.78. The molecule has 0 fully saturated rings. The maximum absolute atomic E-state index is 12.4. The van der Waals surface area contributed by atoms with Crippen molar-refractivity contribution in [3.63, 3.8) is 0 Å². The number of esters is 1. The van der Waals surface area contributed by atoms with E-state index in [1.807, 2.05) is 45.9 Å². The molecule has 0 unspecified atom stereocenters. The molecule has 0 radical (unpaired) electrons. The van der Waals surface area contributed by atoms with Crippen molar-refractivity contribution in [1.29, 1.82) is 0 Å². The first-order chi connectivity index (χ1) is 11.3. The van der Waals surface area contributed by atoms with Crippen molar-refractivity contribution in [3.05, 3.63) is 50.9 Å². The van der Waals surface area contributed by atoms with Gasteiger partial charge in [-0.15, -0.1) is 11.3 Å². The molecule has 0 atom stereocenters. The van der Waals surface area contributed by atoms with Crippen molar-refractivity contribution in [2.24, 2.45) is 0 Å². The molecule has 2 rings (SSSR count). The lowest BCUT2D eigenvalue weighted by molar-refractivity contribution is -0.115. The molecule has 0 saturated carbocycles. The van der Waals surface area contributed by atoms with Gasteiger partial charge >= 0.3 is 5.97 Å². The van der Waals surface area contributed by atoms with Crippen molar-refractivity contribution in [2.45, 2.75) is 41.0 Å². The van der Waals surface area contributed by atoms with Gasteiger partial charge in [0, 0.05) is 4.88 Å². The van der Waals surface area contributed by atoms with Crippen molar-refractivity contribution in [3.8, 4) is 0 Å². The largest absolute Gasteiger partial charge is 0.462 e. The summed E-state index contributed by atoms with van der Waals surface area (Å²) in [6.45, 7) is 9.95. The highest BCUT2D eigenvalue weighted by molar-refractivity contribution is 7.16. The Labute approximate surface area is 146 Å². The Morgan fingerprint density at radius 2 is 1.83 bits per heavy atom. The molecule has 24 heavy (non-hydrogen) atoms. The van der Waals surface area contributed by atoms with Crippen LogP contribution >= 0.6 is 11.3 Å². The fourth-order valence-electron chi connectivity index (χ4n) is 2.43. The second-order valence-corrected chi connectivity index (χ2v) is 7.08. The van der Waals surface area contributed by atoms with Crippen LogP contribution in [0.5, 0.6) is 0 Å². The molecule has 0 aliphatic carbocycles. The molecule has 1 aromatic heterocycles. The molecule has 0 bridgehead atoms. The van der Waals surface area contributed by atoms with Gasteiger partial charge in [-0.25, -0.2) is 4.79 Å². The van der Waals surface area contributed by atoms with Gasteiger partial charge in [0.1, 0.15) is 5.00 Å². The van der Waals surface area contributed by atoms with Gasteiger partial charge in [0.15, 0.2) is 0 Å². The molecular weight excluding hydrogens is 322 g/mol. The summed E-state index contributed by atoms with van der Waals surface area (Å²) in [6, 6.07) is 5.99. The van der Waals surface area contributed by atoms with Crippen LogP contribution in [0, 0.1) is 27.7 Å². The van der Waals surface area contributed by atoms with Crippen LogP contribution in [-0.4, -0.2) is 18.5 Å². The highest BCUT2D eigenvalue weighted by Crippen LogP contribution is 2.33. The standard InChI is InChI=1S/C19H23NO3S/c1-6-23-19(22)17-13(4)14(5)24-18(17)20-16(21)10-15-8-7-11(2)12(3)9-15/h7-9H,6,10H2,1-5H3,(H,20,21). The maximum Gasteiger partial charge on any atom is 0.341 e. The number of amides is 1. The van der Waals surface area contributed by atoms with Crippen LogP contribution < -0.4 is 5.32 Å². The van der Waals surface area contributed by atoms with Gasteiger partial charge in [-0.1, -0.05) is 18.2 Å². The molecule has 0 spiro atoms. The Hall–Kier alpha value is -2.14. The van der Waals surface area contributed by atoms with E-state index < -0.39 is 0 Å². The Morgan fingerprint density at radius 3 is 2.46 bits per heavy atom. The molecular formula is C19H23NO3S. The lowest BCUT2D eigenvalue weighted by Gasteiger charge is -2.08. The maximum atomic E-state index is 12.4. The molecule has 1 N–H and O–H groups in total. The van der Waals surface area contributed by atoms with Crippen LogP contribution in [-0.2, 0) is 16.0 Å². The summed E-state index contributed by atoms with van der Waals surface area (Å²) < 4.78 is 5.11. The number of hydrogen-bond acceptors (Lipinski definition) is 4. The second kappa shape index (κ2) is 7.62. The summed E-state index contributed by atoms with van der Waals surface area (Å²) >= 11 is 1.41. The zero-order valence-corrected chi connectivity index (χ0v) is 15.6. The highest BCUT2D eigenvalue weighted by Gasteiger charge is 2.22. The summed E-state index contributed by atoms with van der Waals surface area (Å²) in [5.41, 5.74) is 4.65. The van der Waals surface area contributed by atoms with E-state index in [2.05, 4.69) is 5.32 Å². The van der Waals surface area contributed by atoms with Gasteiger partial charge in [0.25, 0.3) is 0 Å². The predicted octanol–water partition coefficient (Wildman–Crippen LogP) is 4.34. The van der Waals surface area contributed by atoms with Crippen LogP contribution in [0.25, 0.3) is 0 Å². The van der Waals surface area contributed by atoms with Crippen LogP contribution in [0.2, 0.25) is 0 Å². The number of aryl methyl sites for hydroxylation is 3. The number of rotatable bonds is 5. The number of ether oxygens (including phenoxy) is 1. The highest BCUT2D eigenvalue weighted by atomic mass is 32.1. The lowest BCUT2D eigenvalue weighted by atomic mass is 10.0. The average Bonchev–Trinajstić information content (AvgIpc) is 2.77. The van der Waals surface area contributed by atoms with Crippen LogP contribution in [0.1, 0.15) is 44.4 Å². The van der Waals surface area contributed by atoms with Gasteiger partial charge in [0.2, 0.25) is 5.91 Å². The zero-order valence-electron chi connectivity index (χ0n) is 14.8. The van der Waals surface area contributed by atoms with Gasteiger partial charge in [0.05, 0.1) is 18.6 Å². The van der Waals surface area contributed by atoms with E-state index in [4.69, 9.17) is 4.74 Å². The van der Waals surface area contributed by atoms with E-state index in [-0.39, 0.29) is 18.3 Å². The molecule has 5 heteroatoms. The van der Waals surface area contributed by atoms with Crippen LogP contribution in [0.15, 0.2) is 18.2 Å². The Morgan fingerprint density at radius 1 is 1.12 bits per heavy atom. The van der Waals surface area contributed by atoms with Gasteiger partial charge in [-0.2, -0.15) is 0 Å². The van der Waals surface area contributed by atoms with E-state index in [0.29, 0.717) is 17.2 Å². The van der Waals surface area contributed by atoms with Crippen molar-refractivity contribution in [2.75, 3.05) is 11.9 Å². The summed E-state index contributed by atoms with van der Waals surface area (Å²) in [7, 11) is 0. The van der Waals surface area contributed by atoms with Crippen molar-refractivity contribution >= 4 is 28.2 Å². The van der Waals surface area contributed by atoms with Crippen LogP contribution in [0.3, 0.4) is 0 Å². The number of anilines is 1. The first-order valence-corrected chi connectivity index (χ1v) is 8.78. The summed E-state index contributed by atoms with van der Waals surface area (Å²) in [5, 5.41) is 3.44. The second-order valence-electron chi connectivity index (χ2n) is 5.85. The van der Waals surface area contributed by atoms with Crippen LogP contribution in [0.4, 0.5) is 5.00 Å². The topological polar surface area (TPSA) is 55.4 Å². The van der Waals surface area contributed by atoms with Gasteiger partial charge in [-0.3, -0.25) is 4.79 Å². The minimum Gasteiger partial charge on any atom is -0.462 e.